The van der Waals surface area contributed by atoms with E-state index in [0.717, 1.165) is 11.3 Å². The minimum Gasteiger partial charge on any atom is -0.378 e. The highest BCUT2D eigenvalue weighted by atomic mass is 35.5. The second-order valence-electron chi connectivity index (χ2n) is 6.83. The van der Waals surface area contributed by atoms with Crippen LogP contribution in [0.25, 0.3) is 6.08 Å². The number of hydrogen-bond donors (Lipinski definition) is 2. The number of amides is 2. The summed E-state index contributed by atoms with van der Waals surface area (Å²) in [5.74, 6) is -0.814. The van der Waals surface area contributed by atoms with Gasteiger partial charge in [0.2, 0.25) is 0 Å². The molecule has 152 valence electrons. The third-order valence-corrected chi connectivity index (χ3v) is 4.57. The lowest BCUT2D eigenvalue weighted by atomic mass is 10.1. The van der Waals surface area contributed by atoms with Crippen molar-refractivity contribution in [3.05, 3.63) is 101 Å². The summed E-state index contributed by atoms with van der Waals surface area (Å²) >= 11 is 6.00. The SMILES string of the molecule is CN(C)c1ccc(/C=C(/NC(=O)c2ccccc2)C(=O)Nc2cccc(Cl)c2)cc1. The van der Waals surface area contributed by atoms with E-state index in [-0.39, 0.29) is 11.6 Å². The lowest BCUT2D eigenvalue weighted by Gasteiger charge is -2.13. The van der Waals surface area contributed by atoms with Crippen LogP contribution in [-0.4, -0.2) is 25.9 Å². The summed E-state index contributed by atoms with van der Waals surface area (Å²) in [6.07, 6.45) is 1.64. The average molecular weight is 420 g/mol. The molecule has 3 aromatic rings. The largest absolute Gasteiger partial charge is 0.378 e. The van der Waals surface area contributed by atoms with Gasteiger partial charge in [-0.2, -0.15) is 0 Å². The Balaban J connectivity index is 1.88. The van der Waals surface area contributed by atoms with Gasteiger partial charge < -0.3 is 15.5 Å². The fourth-order valence-corrected chi connectivity index (χ4v) is 2.93. The van der Waals surface area contributed by atoms with Crippen LogP contribution in [-0.2, 0) is 4.79 Å². The number of benzene rings is 3. The van der Waals surface area contributed by atoms with Gasteiger partial charge in [-0.15, -0.1) is 0 Å². The molecule has 3 aromatic carbocycles. The van der Waals surface area contributed by atoms with Crippen molar-refractivity contribution in [1.82, 2.24) is 5.32 Å². The van der Waals surface area contributed by atoms with Crippen molar-refractivity contribution in [1.29, 1.82) is 0 Å². The Labute approximate surface area is 181 Å². The topological polar surface area (TPSA) is 61.4 Å². The van der Waals surface area contributed by atoms with Crippen LogP contribution in [0.1, 0.15) is 15.9 Å². The van der Waals surface area contributed by atoms with Gasteiger partial charge in [0.25, 0.3) is 11.8 Å². The van der Waals surface area contributed by atoms with Gasteiger partial charge in [-0.1, -0.05) is 48.0 Å². The van der Waals surface area contributed by atoms with E-state index in [9.17, 15) is 9.59 Å². The number of carbonyl (C=O) groups excluding carboxylic acids is 2. The van der Waals surface area contributed by atoms with E-state index in [2.05, 4.69) is 10.6 Å². The minimum atomic E-state index is -0.446. The quantitative estimate of drug-likeness (QED) is 0.563. The summed E-state index contributed by atoms with van der Waals surface area (Å²) in [6, 6.07) is 23.2. The molecule has 0 aromatic heterocycles. The first-order valence-electron chi connectivity index (χ1n) is 9.35. The zero-order valence-electron chi connectivity index (χ0n) is 16.7. The number of nitrogens with one attached hydrogen (secondary N) is 2. The highest BCUT2D eigenvalue weighted by molar-refractivity contribution is 6.31. The molecule has 2 amide bonds. The van der Waals surface area contributed by atoms with Gasteiger partial charge in [-0.05, 0) is 54.1 Å². The van der Waals surface area contributed by atoms with Gasteiger partial charge in [0.15, 0.2) is 0 Å². The summed E-state index contributed by atoms with van der Waals surface area (Å²) in [4.78, 5) is 27.5. The third-order valence-electron chi connectivity index (χ3n) is 4.33. The molecular formula is C24H22ClN3O2. The Kier molecular flexibility index (Phi) is 6.88. The molecule has 6 heteroatoms. The van der Waals surface area contributed by atoms with E-state index in [1.807, 2.05) is 49.3 Å². The number of carbonyl (C=O) groups is 2. The van der Waals surface area contributed by atoms with Gasteiger partial charge in [0, 0.05) is 36.1 Å². The van der Waals surface area contributed by atoms with Crippen molar-refractivity contribution in [2.45, 2.75) is 0 Å². The third kappa shape index (κ3) is 5.72. The molecule has 0 aliphatic carbocycles. The minimum absolute atomic E-state index is 0.126. The number of anilines is 2. The highest BCUT2D eigenvalue weighted by Crippen LogP contribution is 2.17. The van der Waals surface area contributed by atoms with Gasteiger partial charge in [-0.3, -0.25) is 9.59 Å². The fourth-order valence-electron chi connectivity index (χ4n) is 2.74. The van der Waals surface area contributed by atoms with Crippen LogP contribution in [0.15, 0.2) is 84.6 Å². The molecule has 0 saturated carbocycles. The molecular weight excluding hydrogens is 398 g/mol. The number of nitrogens with zero attached hydrogens (tertiary/aromatic N) is 1. The predicted octanol–water partition coefficient (Wildman–Crippen LogP) is 4.82. The van der Waals surface area contributed by atoms with Crippen LogP contribution in [0, 0.1) is 0 Å². The summed E-state index contributed by atoms with van der Waals surface area (Å²) in [6.45, 7) is 0. The first-order chi connectivity index (χ1) is 14.4. The molecule has 0 atom stereocenters. The fraction of sp³-hybridized carbons (Fsp3) is 0.0833. The van der Waals surface area contributed by atoms with Crippen molar-refractivity contribution >= 4 is 40.9 Å². The first-order valence-corrected chi connectivity index (χ1v) is 9.72. The summed E-state index contributed by atoms with van der Waals surface area (Å²) in [5, 5.41) is 6.00. The molecule has 0 aliphatic rings. The molecule has 5 nitrogen and oxygen atoms in total. The van der Waals surface area contributed by atoms with E-state index < -0.39 is 5.91 Å². The maximum absolute atomic E-state index is 12.9. The Morgan fingerprint density at radius 2 is 1.60 bits per heavy atom. The van der Waals surface area contributed by atoms with Crippen molar-refractivity contribution < 1.29 is 9.59 Å². The summed E-state index contributed by atoms with van der Waals surface area (Å²) in [7, 11) is 3.91. The maximum atomic E-state index is 12.9. The maximum Gasteiger partial charge on any atom is 0.272 e. The normalized spacial score (nSPS) is 11.0. The molecule has 0 spiro atoms. The lowest BCUT2D eigenvalue weighted by molar-refractivity contribution is -0.113. The molecule has 0 saturated heterocycles. The number of hydrogen-bond acceptors (Lipinski definition) is 3. The molecule has 2 N–H and O–H groups in total. The van der Waals surface area contributed by atoms with Crippen molar-refractivity contribution in [3.8, 4) is 0 Å². The zero-order valence-corrected chi connectivity index (χ0v) is 17.5. The average Bonchev–Trinajstić information content (AvgIpc) is 2.74. The Hall–Kier alpha value is -3.57. The molecule has 0 aliphatic heterocycles. The van der Waals surface area contributed by atoms with Gasteiger partial charge in [0.05, 0.1) is 0 Å². The number of halogens is 1. The molecule has 0 fully saturated rings. The van der Waals surface area contributed by atoms with Gasteiger partial charge >= 0.3 is 0 Å². The Morgan fingerprint density at radius 3 is 2.23 bits per heavy atom. The predicted molar refractivity (Wildman–Crippen MR) is 123 cm³/mol. The van der Waals surface area contributed by atoms with E-state index in [1.54, 1.807) is 54.6 Å². The van der Waals surface area contributed by atoms with Crippen LogP contribution in [0.5, 0.6) is 0 Å². The van der Waals surface area contributed by atoms with Crippen molar-refractivity contribution in [2.75, 3.05) is 24.3 Å². The van der Waals surface area contributed by atoms with Crippen LogP contribution in [0.4, 0.5) is 11.4 Å². The molecule has 0 bridgehead atoms. The van der Waals surface area contributed by atoms with Gasteiger partial charge in [-0.25, -0.2) is 0 Å². The highest BCUT2D eigenvalue weighted by Gasteiger charge is 2.15. The van der Waals surface area contributed by atoms with Crippen LogP contribution < -0.4 is 15.5 Å². The molecule has 0 heterocycles. The first kappa shape index (κ1) is 21.1. The van der Waals surface area contributed by atoms with E-state index in [4.69, 9.17) is 11.6 Å². The second-order valence-corrected chi connectivity index (χ2v) is 7.27. The molecule has 0 radical (unpaired) electrons. The van der Waals surface area contributed by atoms with E-state index >= 15 is 0 Å². The van der Waals surface area contributed by atoms with Gasteiger partial charge in [0.1, 0.15) is 5.70 Å². The van der Waals surface area contributed by atoms with Crippen molar-refractivity contribution in [2.24, 2.45) is 0 Å². The Morgan fingerprint density at radius 1 is 0.900 bits per heavy atom. The van der Waals surface area contributed by atoms with Crippen LogP contribution in [0.3, 0.4) is 0 Å². The Bertz CT molecular complexity index is 1060. The van der Waals surface area contributed by atoms with Crippen LogP contribution >= 0.6 is 11.6 Å². The monoisotopic (exact) mass is 419 g/mol. The smallest absolute Gasteiger partial charge is 0.272 e. The van der Waals surface area contributed by atoms with Crippen LogP contribution in [0.2, 0.25) is 5.02 Å². The standard InChI is InChI=1S/C24H22ClN3O2/c1-28(2)21-13-11-17(12-14-21)15-22(27-23(29)18-7-4-3-5-8-18)24(30)26-20-10-6-9-19(25)16-20/h3-16H,1-2H3,(H,26,30)(H,27,29)/b22-15+. The summed E-state index contributed by atoms with van der Waals surface area (Å²) < 4.78 is 0. The molecule has 30 heavy (non-hydrogen) atoms. The molecule has 0 unspecified atom stereocenters. The second kappa shape index (κ2) is 9.76. The molecule has 3 rings (SSSR count). The summed E-state index contributed by atoms with van der Waals surface area (Å²) in [5.41, 5.74) is 2.94. The van der Waals surface area contributed by atoms with Crippen molar-refractivity contribution in [3.63, 3.8) is 0 Å². The zero-order chi connectivity index (χ0) is 21.5. The number of rotatable bonds is 6. The lowest BCUT2D eigenvalue weighted by Crippen LogP contribution is -2.30. The van der Waals surface area contributed by atoms with E-state index in [0.29, 0.717) is 16.3 Å². The van der Waals surface area contributed by atoms with E-state index in [1.165, 1.54) is 0 Å².